The second kappa shape index (κ2) is 9.24. The molecular weight excluding hydrogens is 328 g/mol. The molecule has 0 aliphatic heterocycles. The molecule has 5 heteroatoms. The zero-order chi connectivity index (χ0) is 19.3. The van der Waals surface area contributed by atoms with Gasteiger partial charge in [-0.05, 0) is 45.1 Å². The summed E-state index contributed by atoms with van der Waals surface area (Å²) in [5, 5.41) is 0. The SMILES string of the molecule is CCOC(=O)c1c(C)[nH]c(CN(C(=O)CC(C)C)C2CCCCC2)c1C. The van der Waals surface area contributed by atoms with Crippen LogP contribution >= 0.6 is 0 Å². The fourth-order valence-electron chi connectivity index (χ4n) is 3.93. The standard InChI is InChI=1S/C21H34N2O3/c1-6-26-21(25)20-15(4)18(22-16(20)5)13-23(19(24)12-14(2)3)17-10-8-7-9-11-17/h14,17,22H,6-13H2,1-5H3. The molecule has 0 unspecified atom stereocenters. The molecule has 1 aliphatic rings. The molecule has 1 N–H and O–H groups in total. The van der Waals surface area contributed by atoms with Crippen LogP contribution in [0.4, 0.5) is 0 Å². The van der Waals surface area contributed by atoms with Crippen molar-refractivity contribution in [1.29, 1.82) is 0 Å². The number of nitrogens with one attached hydrogen (secondary N) is 1. The molecule has 0 bridgehead atoms. The van der Waals surface area contributed by atoms with E-state index >= 15 is 0 Å². The molecule has 1 aromatic rings. The van der Waals surface area contributed by atoms with Gasteiger partial charge in [-0.25, -0.2) is 4.79 Å². The molecule has 1 heterocycles. The Kier molecular flexibility index (Phi) is 7.30. The van der Waals surface area contributed by atoms with Crippen LogP contribution in [0.2, 0.25) is 0 Å². The smallest absolute Gasteiger partial charge is 0.340 e. The number of esters is 1. The summed E-state index contributed by atoms with van der Waals surface area (Å²) in [7, 11) is 0. The molecule has 1 aliphatic carbocycles. The summed E-state index contributed by atoms with van der Waals surface area (Å²) in [6.45, 7) is 10.7. The molecule has 146 valence electrons. The number of amides is 1. The van der Waals surface area contributed by atoms with Crippen molar-refractivity contribution in [2.75, 3.05) is 6.61 Å². The zero-order valence-corrected chi connectivity index (χ0v) is 17.0. The lowest BCUT2D eigenvalue weighted by atomic mass is 9.93. The van der Waals surface area contributed by atoms with Gasteiger partial charge in [-0.3, -0.25) is 4.79 Å². The Hall–Kier alpha value is -1.78. The van der Waals surface area contributed by atoms with E-state index in [1.807, 2.05) is 25.7 Å². The van der Waals surface area contributed by atoms with Crippen molar-refractivity contribution in [2.24, 2.45) is 5.92 Å². The minimum atomic E-state index is -0.289. The number of nitrogens with zero attached hydrogens (tertiary/aromatic N) is 1. The Bertz CT molecular complexity index is 627. The van der Waals surface area contributed by atoms with Crippen LogP contribution in [0.1, 0.15) is 86.6 Å². The first-order valence-corrected chi connectivity index (χ1v) is 9.99. The Morgan fingerprint density at radius 2 is 1.85 bits per heavy atom. The van der Waals surface area contributed by atoms with Crippen molar-refractivity contribution in [3.63, 3.8) is 0 Å². The normalized spacial score (nSPS) is 15.3. The number of aromatic nitrogens is 1. The zero-order valence-electron chi connectivity index (χ0n) is 17.0. The Balaban J connectivity index is 2.25. The summed E-state index contributed by atoms with van der Waals surface area (Å²) in [6, 6.07) is 0.309. The van der Waals surface area contributed by atoms with Gasteiger partial charge in [0.1, 0.15) is 0 Å². The van der Waals surface area contributed by atoms with Gasteiger partial charge in [0.05, 0.1) is 18.7 Å². The monoisotopic (exact) mass is 362 g/mol. The van der Waals surface area contributed by atoms with Gasteiger partial charge in [-0.1, -0.05) is 33.1 Å². The lowest BCUT2D eigenvalue weighted by molar-refractivity contribution is -0.135. The number of hydrogen-bond acceptors (Lipinski definition) is 3. The van der Waals surface area contributed by atoms with Crippen molar-refractivity contribution >= 4 is 11.9 Å². The first kappa shape index (κ1) is 20.5. The number of ether oxygens (including phenoxy) is 1. The van der Waals surface area contributed by atoms with Crippen molar-refractivity contribution < 1.29 is 14.3 Å². The van der Waals surface area contributed by atoms with Crippen LogP contribution in [-0.2, 0) is 16.1 Å². The maximum atomic E-state index is 12.9. The Morgan fingerprint density at radius 1 is 1.19 bits per heavy atom. The van der Waals surface area contributed by atoms with Crippen LogP contribution in [0.5, 0.6) is 0 Å². The van der Waals surface area contributed by atoms with Crippen molar-refractivity contribution in [2.45, 2.75) is 85.7 Å². The van der Waals surface area contributed by atoms with Gasteiger partial charge in [0, 0.05) is 23.9 Å². The van der Waals surface area contributed by atoms with Crippen molar-refractivity contribution in [3.8, 4) is 0 Å². The summed E-state index contributed by atoms with van der Waals surface area (Å²) in [4.78, 5) is 30.5. The summed E-state index contributed by atoms with van der Waals surface area (Å²) in [5.74, 6) is 0.272. The molecule has 5 nitrogen and oxygen atoms in total. The first-order chi connectivity index (χ1) is 12.3. The quantitative estimate of drug-likeness (QED) is 0.726. The van der Waals surface area contributed by atoms with Gasteiger partial charge in [0.25, 0.3) is 0 Å². The maximum Gasteiger partial charge on any atom is 0.340 e. The van der Waals surface area contributed by atoms with Crippen LogP contribution < -0.4 is 0 Å². The van der Waals surface area contributed by atoms with Gasteiger partial charge in [-0.15, -0.1) is 0 Å². The average Bonchev–Trinajstić information content (AvgIpc) is 2.86. The van der Waals surface area contributed by atoms with Gasteiger partial charge in [0.2, 0.25) is 5.91 Å². The van der Waals surface area contributed by atoms with Gasteiger partial charge in [-0.2, -0.15) is 0 Å². The highest BCUT2D eigenvalue weighted by Crippen LogP contribution is 2.27. The lowest BCUT2D eigenvalue weighted by Crippen LogP contribution is -2.41. The molecule has 1 aromatic heterocycles. The summed E-state index contributed by atoms with van der Waals surface area (Å²) in [5.41, 5.74) is 3.28. The van der Waals surface area contributed by atoms with E-state index < -0.39 is 0 Å². The van der Waals surface area contributed by atoms with Crippen LogP contribution in [0.25, 0.3) is 0 Å². The number of carbonyl (C=O) groups is 2. The van der Waals surface area contributed by atoms with E-state index in [9.17, 15) is 9.59 Å². The lowest BCUT2D eigenvalue weighted by Gasteiger charge is -2.35. The third kappa shape index (κ3) is 4.89. The average molecular weight is 363 g/mol. The first-order valence-electron chi connectivity index (χ1n) is 9.99. The second-order valence-corrected chi connectivity index (χ2v) is 7.86. The van der Waals surface area contributed by atoms with Crippen molar-refractivity contribution in [1.82, 2.24) is 9.88 Å². The van der Waals surface area contributed by atoms with E-state index in [2.05, 4.69) is 18.8 Å². The van der Waals surface area contributed by atoms with Crippen LogP contribution in [0.3, 0.4) is 0 Å². The number of hydrogen-bond donors (Lipinski definition) is 1. The van der Waals surface area contributed by atoms with Crippen LogP contribution in [0, 0.1) is 19.8 Å². The fraction of sp³-hybridized carbons (Fsp3) is 0.714. The Morgan fingerprint density at radius 3 is 2.42 bits per heavy atom. The molecule has 1 saturated carbocycles. The largest absolute Gasteiger partial charge is 0.462 e. The number of aryl methyl sites for hydroxylation is 1. The number of aromatic amines is 1. The summed E-state index contributed by atoms with van der Waals surface area (Å²) in [6.07, 6.45) is 6.36. The number of carbonyl (C=O) groups excluding carboxylic acids is 2. The molecule has 1 amide bonds. The van der Waals surface area contributed by atoms with E-state index in [-0.39, 0.29) is 11.9 Å². The van der Waals surface area contributed by atoms with Crippen LogP contribution in [-0.4, -0.2) is 34.4 Å². The molecule has 0 atom stereocenters. The molecule has 1 fully saturated rings. The van der Waals surface area contributed by atoms with Gasteiger partial charge in [0.15, 0.2) is 0 Å². The van der Waals surface area contributed by atoms with E-state index in [1.54, 1.807) is 0 Å². The molecule has 0 saturated heterocycles. The third-order valence-electron chi connectivity index (χ3n) is 5.27. The summed E-state index contributed by atoms with van der Waals surface area (Å²) >= 11 is 0. The predicted molar refractivity (Wildman–Crippen MR) is 103 cm³/mol. The van der Waals surface area contributed by atoms with Crippen LogP contribution in [0.15, 0.2) is 0 Å². The molecule has 2 rings (SSSR count). The second-order valence-electron chi connectivity index (χ2n) is 7.86. The highest BCUT2D eigenvalue weighted by molar-refractivity contribution is 5.92. The molecular formula is C21H34N2O3. The predicted octanol–water partition coefficient (Wildman–Crippen LogP) is 4.52. The fourth-order valence-corrected chi connectivity index (χ4v) is 3.93. The van der Waals surface area contributed by atoms with Gasteiger partial charge < -0.3 is 14.6 Å². The molecule has 26 heavy (non-hydrogen) atoms. The van der Waals surface area contributed by atoms with E-state index in [0.717, 1.165) is 29.8 Å². The Labute approximate surface area is 157 Å². The van der Waals surface area contributed by atoms with Gasteiger partial charge >= 0.3 is 5.97 Å². The topological polar surface area (TPSA) is 62.4 Å². The highest BCUT2D eigenvalue weighted by Gasteiger charge is 2.28. The minimum Gasteiger partial charge on any atom is -0.462 e. The third-order valence-corrected chi connectivity index (χ3v) is 5.27. The highest BCUT2D eigenvalue weighted by atomic mass is 16.5. The van der Waals surface area contributed by atoms with Crippen molar-refractivity contribution in [3.05, 3.63) is 22.5 Å². The van der Waals surface area contributed by atoms with E-state index in [4.69, 9.17) is 4.74 Å². The molecule has 0 aromatic carbocycles. The minimum absolute atomic E-state index is 0.219. The van der Waals surface area contributed by atoms with E-state index in [0.29, 0.717) is 37.1 Å². The number of rotatable bonds is 7. The summed E-state index contributed by atoms with van der Waals surface area (Å²) < 4.78 is 5.18. The molecule has 0 radical (unpaired) electrons. The number of H-pyrrole nitrogens is 1. The maximum absolute atomic E-state index is 12.9. The molecule has 0 spiro atoms. The van der Waals surface area contributed by atoms with E-state index in [1.165, 1.54) is 19.3 Å².